The summed E-state index contributed by atoms with van der Waals surface area (Å²) in [5.41, 5.74) is 0.812. The molecule has 1 heterocycles. The predicted octanol–water partition coefficient (Wildman–Crippen LogP) is 4.74. The smallest absolute Gasteiger partial charge is 0.114 e. The summed E-state index contributed by atoms with van der Waals surface area (Å²) in [6.07, 6.45) is -0.664. The Balaban J connectivity index is 2.40. The van der Waals surface area contributed by atoms with Gasteiger partial charge in [0.1, 0.15) is 6.10 Å². The van der Waals surface area contributed by atoms with Crippen molar-refractivity contribution in [3.8, 4) is 0 Å². The zero-order chi connectivity index (χ0) is 11.7. The molecule has 0 aliphatic rings. The van der Waals surface area contributed by atoms with Gasteiger partial charge in [-0.2, -0.15) is 0 Å². The Kier molecular flexibility index (Phi) is 4.13. The van der Waals surface area contributed by atoms with Gasteiger partial charge in [0.25, 0.3) is 0 Å². The van der Waals surface area contributed by atoms with Crippen LogP contribution in [0.25, 0.3) is 0 Å². The van der Waals surface area contributed by atoms with Crippen molar-refractivity contribution in [1.82, 2.24) is 0 Å². The number of halogens is 3. The van der Waals surface area contributed by atoms with Crippen molar-refractivity contribution in [2.45, 2.75) is 6.10 Å². The Morgan fingerprint density at radius 3 is 2.56 bits per heavy atom. The Hall–Kier alpha value is 0.190. The number of aliphatic hydroxyl groups is 1. The first-order chi connectivity index (χ1) is 7.58. The van der Waals surface area contributed by atoms with E-state index in [1.807, 2.05) is 12.1 Å². The fraction of sp³-hybridized carbons (Fsp3) is 0.0909. The second kappa shape index (κ2) is 5.23. The minimum absolute atomic E-state index is 0.622. The van der Waals surface area contributed by atoms with Crippen LogP contribution in [0.3, 0.4) is 0 Å². The van der Waals surface area contributed by atoms with Crippen molar-refractivity contribution < 1.29 is 5.11 Å². The molecule has 0 saturated heterocycles. The summed E-state index contributed by atoms with van der Waals surface area (Å²) in [7, 11) is 0. The monoisotopic (exact) mass is 384 g/mol. The molecule has 1 aromatic carbocycles. The minimum atomic E-state index is -0.664. The summed E-state index contributed by atoms with van der Waals surface area (Å²) < 4.78 is 1.66. The van der Waals surface area contributed by atoms with Gasteiger partial charge in [0.05, 0.1) is 4.34 Å². The van der Waals surface area contributed by atoms with E-state index in [2.05, 4.69) is 22.6 Å². The maximum Gasteiger partial charge on any atom is 0.114 e. The topological polar surface area (TPSA) is 20.2 Å². The largest absolute Gasteiger partial charge is 0.383 e. The average molecular weight is 385 g/mol. The zero-order valence-electron chi connectivity index (χ0n) is 7.95. The van der Waals surface area contributed by atoms with E-state index in [4.69, 9.17) is 23.2 Å². The maximum absolute atomic E-state index is 10.2. The zero-order valence-corrected chi connectivity index (χ0v) is 12.4. The molecule has 2 aromatic rings. The van der Waals surface area contributed by atoms with Crippen molar-refractivity contribution >= 4 is 57.1 Å². The third-order valence-electron chi connectivity index (χ3n) is 2.12. The van der Waals surface area contributed by atoms with Crippen molar-refractivity contribution in [2.75, 3.05) is 0 Å². The Morgan fingerprint density at radius 2 is 1.94 bits per heavy atom. The molecule has 0 fully saturated rings. The number of hydrogen-bond donors (Lipinski definition) is 1. The molecule has 1 N–H and O–H groups in total. The Bertz CT molecular complexity index is 512. The molecule has 1 aromatic heterocycles. The molecule has 0 amide bonds. The van der Waals surface area contributed by atoms with E-state index in [0.717, 1.165) is 14.0 Å². The van der Waals surface area contributed by atoms with Crippen LogP contribution in [0.15, 0.2) is 30.3 Å². The molecule has 0 radical (unpaired) electrons. The molecular weight excluding hydrogens is 378 g/mol. The van der Waals surface area contributed by atoms with E-state index in [9.17, 15) is 5.11 Å². The van der Waals surface area contributed by atoms with Crippen LogP contribution in [-0.2, 0) is 0 Å². The van der Waals surface area contributed by atoms with Gasteiger partial charge in [-0.15, -0.1) is 11.3 Å². The number of benzene rings is 1. The van der Waals surface area contributed by atoms with Crippen molar-refractivity contribution in [3.63, 3.8) is 0 Å². The van der Waals surface area contributed by atoms with E-state index in [-0.39, 0.29) is 0 Å². The van der Waals surface area contributed by atoms with E-state index in [1.54, 1.807) is 18.2 Å². The highest BCUT2D eigenvalue weighted by atomic mass is 127. The molecule has 0 aliphatic heterocycles. The predicted molar refractivity (Wildman–Crippen MR) is 77.6 cm³/mol. The Morgan fingerprint density at radius 1 is 1.19 bits per heavy atom. The summed E-state index contributed by atoms with van der Waals surface area (Å²) in [5.74, 6) is 0. The van der Waals surface area contributed by atoms with Crippen molar-refractivity contribution in [1.29, 1.82) is 0 Å². The third-order valence-corrected chi connectivity index (χ3v) is 4.62. The number of rotatable bonds is 2. The van der Waals surface area contributed by atoms with Gasteiger partial charge in [0.2, 0.25) is 0 Å². The highest BCUT2D eigenvalue weighted by Crippen LogP contribution is 2.33. The van der Waals surface area contributed by atoms with Gasteiger partial charge in [-0.05, 0) is 52.9 Å². The summed E-state index contributed by atoms with van der Waals surface area (Å²) in [4.78, 5) is 0.824. The van der Waals surface area contributed by atoms with Crippen LogP contribution in [0.5, 0.6) is 0 Å². The lowest BCUT2D eigenvalue weighted by Gasteiger charge is -2.11. The summed E-state index contributed by atoms with van der Waals surface area (Å²) in [6.45, 7) is 0. The van der Waals surface area contributed by atoms with Crippen LogP contribution < -0.4 is 0 Å². The van der Waals surface area contributed by atoms with Gasteiger partial charge in [-0.1, -0.05) is 23.2 Å². The first kappa shape index (κ1) is 12.6. The summed E-state index contributed by atoms with van der Waals surface area (Å²) in [5, 5.41) is 10.8. The van der Waals surface area contributed by atoms with Crippen LogP contribution in [0.2, 0.25) is 9.36 Å². The first-order valence-corrected chi connectivity index (χ1v) is 7.11. The summed E-state index contributed by atoms with van der Waals surface area (Å²) >= 11 is 15.3. The van der Waals surface area contributed by atoms with E-state index in [1.165, 1.54) is 11.3 Å². The van der Waals surface area contributed by atoms with Gasteiger partial charge < -0.3 is 5.11 Å². The molecule has 16 heavy (non-hydrogen) atoms. The molecule has 0 bridgehead atoms. The van der Waals surface area contributed by atoms with Gasteiger partial charge in [-0.25, -0.2) is 0 Å². The van der Waals surface area contributed by atoms with E-state index in [0.29, 0.717) is 9.36 Å². The highest BCUT2D eigenvalue weighted by Gasteiger charge is 2.15. The molecule has 5 heteroatoms. The molecule has 0 aliphatic carbocycles. The van der Waals surface area contributed by atoms with Crippen molar-refractivity contribution in [3.05, 3.63) is 53.7 Å². The fourth-order valence-corrected chi connectivity index (χ4v) is 3.23. The SMILES string of the molecule is OC(c1ccc(Cl)s1)c1cc(Cl)ccc1I. The Labute approximate surface area is 121 Å². The maximum atomic E-state index is 10.2. The molecule has 84 valence electrons. The van der Waals surface area contributed by atoms with Gasteiger partial charge in [0, 0.05) is 19.0 Å². The van der Waals surface area contributed by atoms with Crippen LogP contribution in [0.1, 0.15) is 16.5 Å². The fourth-order valence-electron chi connectivity index (χ4n) is 1.35. The second-order valence-electron chi connectivity index (χ2n) is 3.21. The van der Waals surface area contributed by atoms with Gasteiger partial charge in [0.15, 0.2) is 0 Å². The standard InChI is InChI=1S/C11H7Cl2IOS/c12-6-1-2-8(14)7(5-6)11(15)9-3-4-10(13)16-9/h1-5,11,15H. The highest BCUT2D eigenvalue weighted by molar-refractivity contribution is 14.1. The molecule has 1 unspecified atom stereocenters. The minimum Gasteiger partial charge on any atom is -0.383 e. The third kappa shape index (κ3) is 2.71. The molecule has 0 saturated carbocycles. The van der Waals surface area contributed by atoms with E-state index >= 15 is 0 Å². The molecule has 0 spiro atoms. The summed E-state index contributed by atoms with van der Waals surface area (Å²) in [6, 6.07) is 9.08. The number of aliphatic hydroxyl groups excluding tert-OH is 1. The molecular formula is C11H7Cl2IOS. The van der Waals surface area contributed by atoms with Crippen LogP contribution in [0.4, 0.5) is 0 Å². The molecule has 1 atom stereocenters. The number of hydrogen-bond acceptors (Lipinski definition) is 2. The van der Waals surface area contributed by atoms with Crippen LogP contribution in [0, 0.1) is 3.57 Å². The quantitative estimate of drug-likeness (QED) is 0.741. The lowest BCUT2D eigenvalue weighted by atomic mass is 10.1. The number of thiophene rings is 1. The van der Waals surface area contributed by atoms with Gasteiger partial charge in [-0.3, -0.25) is 0 Å². The van der Waals surface area contributed by atoms with E-state index < -0.39 is 6.10 Å². The lowest BCUT2D eigenvalue weighted by molar-refractivity contribution is 0.223. The normalized spacial score (nSPS) is 12.8. The van der Waals surface area contributed by atoms with Crippen LogP contribution in [-0.4, -0.2) is 5.11 Å². The second-order valence-corrected chi connectivity index (χ2v) is 6.56. The lowest BCUT2D eigenvalue weighted by Crippen LogP contribution is -1.99. The van der Waals surface area contributed by atoms with Crippen molar-refractivity contribution in [2.24, 2.45) is 0 Å². The average Bonchev–Trinajstić information content (AvgIpc) is 2.67. The first-order valence-electron chi connectivity index (χ1n) is 4.46. The molecule has 2 rings (SSSR count). The van der Waals surface area contributed by atoms with Crippen LogP contribution >= 0.6 is 57.1 Å². The van der Waals surface area contributed by atoms with Gasteiger partial charge >= 0.3 is 0 Å². The molecule has 1 nitrogen and oxygen atoms in total.